The summed E-state index contributed by atoms with van der Waals surface area (Å²) in [6.07, 6.45) is 6.82. The second-order valence-electron chi connectivity index (χ2n) is 3.74. The van der Waals surface area contributed by atoms with Gasteiger partial charge in [0.05, 0.1) is 0 Å². The molecule has 0 aliphatic carbocycles. The number of carboxylic acid groups (broad SMARTS) is 1. The number of anilines is 1. The normalized spacial score (nSPS) is 10.9. The zero-order valence-electron chi connectivity index (χ0n) is 10.2. The van der Waals surface area contributed by atoms with Gasteiger partial charge in [0, 0.05) is 11.3 Å². The predicted octanol–water partition coefficient (Wildman–Crippen LogP) is 1.82. The summed E-state index contributed by atoms with van der Waals surface area (Å²) in [6.45, 7) is 3.44. The van der Waals surface area contributed by atoms with Crippen molar-refractivity contribution >= 4 is 17.7 Å². The first kappa shape index (κ1) is 14.3. The molecule has 1 atom stereocenters. The van der Waals surface area contributed by atoms with Gasteiger partial charge in [-0.25, -0.2) is 9.59 Å². The molecule has 1 rings (SSSR count). The maximum atomic E-state index is 11.6. The molecule has 0 aliphatic heterocycles. The summed E-state index contributed by atoms with van der Waals surface area (Å²) >= 11 is 0. The molecule has 0 heterocycles. The monoisotopic (exact) mass is 258 g/mol. The summed E-state index contributed by atoms with van der Waals surface area (Å²) in [5.74, 6) is 1.32. The molecule has 0 fully saturated rings. The van der Waals surface area contributed by atoms with E-state index < -0.39 is 18.0 Å². The van der Waals surface area contributed by atoms with Crippen LogP contribution in [0.4, 0.5) is 10.5 Å². The van der Waals surface area contributed by atoms with Crippen molar-refractivity contribution in [3.8, 4) is 12.3 Å². The molecule has 1 aromatic carbocycles. The molecule has 19 heavy (non-hydrogen) atoms. The van der Waals surface area contributed by atoms with Crippen LogP contribution >= 0.6 is 0 Å². The SMILES string of the molecule is C#Cc1cccc(NC(=O)NC(CC=C)C(=O)O)c1. The third kappa shape index (κ3) is 4.56. The largest absolute Gasteiger partial charge is 0.480 e. The lowest BCUT2D eigenvalue weighted by Gasteiger charge is -2.13. The highest BCUT2D eigenvalue weighted by molar-refractivity contribution is 5.92. The highest BCUT2D eigenvalue weighted by Crippen LogP contribution is 2.09. The highest BCUT2D eigenvalue weighted by Gasteiger charge is 2.18. The van der Waals surface area contributed by atoms with Crippen molar-refractivity contribution in [3.63, 3.8) is 0 Å². The third-order valence-electron chi connectivity index (χ3n) is 2.29. The maximum Gasteiger partial charge on any atom is 0.326 e. The molecule has 5 heteroatoms. The Bertz CT molecular complexity index is 532. The van der Waals surface area contributed by atoms with Gasteiger partial charge >= 0.3 is 12.0 Å². The minimum Gasteiger partial charge on any atom is -0.480 e. The maximum absolute atomic E-state index is 11.6. The van der Waals surface area contributed by atoms with Gasteiger partial charge in [-0.15, -0.1) is 13.0 Å². The zero-order valence-corrected chi connectivity index (χ0v) is 10.2. The number of hydrogen-bond donors (Lipinski definition) is 3. The summed E-state index contributed by atoms with van der Waals surface area (Å²) in [6, 6.07) is 5.08. The highest BCUT2D eigenvalue weighted by atomic mass is 16.4. The predicted molar refractivity (Wildman–Crippen MR) is 72.8 cm³/mol. The first-order valence-corrected chi connectivity index (χ1v) is 5.54. The van der Waals surface area contributed by atoms with Crippen molar-refractivity contribution in [2.75, 3.05) is 5.32 Å². The number of hydrogen-bond acceptors (Lipinski definition) is 2. The van der Waals surface area contributed by atoms with Gasteiger partial charge < -0.3 is 15.7 Å². The van der Waals surface area contributed by atoms with E-state index in [-0.39, 0.29) is 6.42 Å². The Hall–Kier alpha value is -2.74. The quantitative estimate of drug-likeness (QED) is 0.557. The topological polar surface area (TPSA) is 78.4 Å². The number of carboxylic acids is 1. The van der Waals surface area contributed by atoms with Gasteiger partial charge in [-0.1, -0.05) is 18.1 Å². The van der Waals surface area contributed by atoms with Gasteiger partial charge in [0.25, 0.3) is 0 Å². The Morgan fingerprint density at radius 1 is 1.53 bits per heavy atom. The summed E-state index contributed by atoms with van der Waals surface area (Å²) in [7, 11) is 0. The zero-order chi connectivity index (χ0) is 14.3. The van der Waals surface area contributed by atoms with Gasteiger partial charge in [0.1, 0.15) is 6.04 Å². The van der Waals surface area contributed by atoms with Crippen molar-refractivity contribution in [3.05, 3.63) is 42.5 Å². The molecular formula is C14H14N2O3. The molecule has 1 aromatic rings. The minimum atomic E-state index is -1.12. The number of benzene rings is 1. The molecular weight excluding hydrogens is 244 g/mol. The third-order valence-corrected chi connectivity index (χ3v) is 2.29. The van der Waals surface area contributed by atoms with E-state index in [1.807, 2.05) is 0 Å². The van der Waals surface area contributed by atoms with Crippen LogP contribution in [0.15, 0.2) is 36.9 Å². The van der Waals surface area contributed by atoms with Gasteiger partial charge in [-0.2, -0.15) is 0 Å². The van der Waals surface area contributed by atoms with Crippen molar-refractivity contribution in [2.45, 2.75) is 12.5 Å². The summed E-state index contributed by atoms with van der Waals surface area (Å²) in [5, 5.41) is 13.7. The fourth-order valence-corrected chi connectivity index (χ4v) is 1.40. The van der Waals surface area contributed by atoms with Crippen LogP contribution in [0.25, 0.3) is 0 Å². The second kappa shape index (κ2) is 6.87. The van der Waals surface area contributed by atoms with E-state index >= 15 is 0 Å². The van der Waals surface area contributed by atoms with E-state index in [9.17, 15) is 9.59 Å². The van der Waals surface area contributed by atoms with Crippen molar-refractivity contribution in [1.29, 1.82) is 0 Å². The molecule has 2 amide bonds. The molecule has 0 saturated carbocycles. The lowest BCUT2D eigenvalue weighted by atomic mass is 10.2. The van der Waals surface area contributed by atoms with Gasteiger partial charge in [0.2, 0.25) is 0 Å². The fraction of sp³-hybridized carbons (Fsp3) is 0.143. The van der Waals surface area contributed by atoms with Crippen LogP contribution in [0, 0.1) is 12.3 Å². The lowest BCUT2D eigenvalue weighted by molar-refractivity contribution is -0.139. The summed E-state index contributed by atoms with van der Waals surface area (Å²) in [5.41, 5.74) is 1.12. The van der Waals surface area contributed by atoms with E-state index in [2.05, 4.69) is 23.1 Å². The van der Waals surface area contributed by atoms with E-state index in [1.165, 1.54) is 6.08 Å². The molecule has 5 nitrogen and oxygen atoms in total. The molecule has 1 unspecified atom stereocenters. The van der Waals surface area contributed by atoms with Crippen LogP contribution in [0.3, 0.4) is 0 Å². The van der Waals surface area contributed by atoms with E-state index in [0.29, 0.717) is 11.3 Å². The van der Waals surface area contributed by atoms with E-state index in [0.717, 1.165) is 0 Å². The molecule has 0 bridgehead atoms. The van der Waals surface area contributed by atoms with Gasteiger partial charge in [-0.3, -0.25) is 0 Å². The van der Waals surface area contributed by atoms with Crippen molar-refractivity contribution in [2.24, 2.45) is 0 Å². The van der Waals surface area contributed by atoms with Crippen LogP contribution in [0.1, 0.15) is 12.0 Å². The molecule has 0 saturated heterocycles. The number of nitrogens with one attached hydrogen (secondary N) is 2. The van der Waals surface area contributed by atoms with Crippen LogP contribution in [0.2, 0.25) is 0 Å². The van der Waals surface area contributed by atoms with E-state index in [4.69, 9.17) is 11.5 Å². The molecule has 0 aromatic heterocycles. The lowest BCUT2D eigenvalue weighted by Crippen LogP contribution is -2.42. The number of carbonyl (C=O) groups excluding carboxylic acids is 1. The van der Waals surface area contributed by atoms with E-state index in [1.54, 1.807) is 24.3 Å². The molecule has 98 valence electrons. The second-order valence-corrected chi connectivity index (χ2v) is 3.74. The van der Waals surface area contributed by atoms with Crippen LogP contribution in [0.5, 0.6) is 0 Å². The van der Waals surface area contributed by atoms with Crippen LogP contribution in [-0.2, 0) is 4.79 Å². The number of terminal acetylenes is 1. The minimum absolute atomic E-state index is 0.146. The number of carbonyl (C=O) groups is 2. The summed E-state index contributed by atoms with van der Waals surface area (Å²) < 4.78 is 0. The Morgan fingerprint density at radius 3 is 2.84 bits per heavy atom. The Labute approximate surface area is 111 Å². The number of aliphatic carboxylic acids is 1. The Kier molecular flexibility index (Phi) is 5.17. The first-order valence-electron chi connectivity index (χ1n) is 5.54. The van der Waals surface area contributed by atoms with Crippen LogP contribution < -0.4 is 10.6 Å². The number of urea groups is 1. The van der Waals surface area contributed by atoms with Crippen LogP contribution in [-0.4, -0.2) is 23.1 Å². The fourth-order valence-electron chi connectivity index (χ4n) is 1.40. The smallest absolute Gasteiger partial charge is 0.326 e. The molecule has 0 spiro atoms. The molecule has 0 radical (unpaired) electrons. The number of amides is 2. The summed E-state index contributed by atoms with van der Waals surface area (Å²) in [4.78, 5) is 22.5. The Morgan fingerprint density at radius 2 is 2.26 bits per heavy atom. The van der Waals surface area contributed by atoms with Crippen molar-refractivity contribution in [1.82, 2.24) is 5.32 Å². The van der Waals surface area contributed by atoms with Crippen molar-refractivity contribution < 1.29 is 14.7 Å². The Balaban J connectivity index is 2.66. The first-order chi connectivity index (χ1) is 9.06. The number of rotatable bonds is 5. The van der Waals surface area contributed by atoms with Gasteiger partial charge in [0.15, 0.2) is 0 Å². The average molecular weight is 258 g/mol. The standard InChI is InChI=1S/C14H14N2O3/c1-3-6-12(13(17)18)16-14(19)15-11-8-5-7-10(4-2)9-11/h2-3,5,7-9,12H,1,6H2,(H,17,18)(H2,15,16,19). The average Bonchev–Trinajstić information content (AvgIpc) is 2.38. The van der Waals surface area contributed by atoms with Gasteiger partial charge in [-0.05, 0) is 24.6 Å². The molecule has 0 aliphatic rings. The molecule has 3 N–H and O–H groups in total.